The van der Waals surface area contributed by atoms with Crippen molar-refractivity contribution in [3.05, 3.63) is 57.9 Å². The van der Waals surface area contributed by atoms with Crippen LogP contribution in [0.2, 0.25) is 0 Å². The summed E-state index contributed by atoms with van der Waals surface area (Å²) in [4.78, 5) is 44.9. The number of pyridine rings is 2. The number of hydrogen-bond acceptors (Lipinski definition) is 9. The van der Waals surface area contributed by atoms with E-state index >= 15 is 0 Å². The summed E-state index contributed by atoms with van der Waals surface area (Å²) in [7, 11) is 0. The quantitative estimate of drug-likeness (QED) is 0.342. The number of rotatable bonds is 7. The van der Waals surface area contributed by atoms with Crippen LogP contribution in [0.5, 0.6) is 5.75 Å². The first-order valence-corrected chi connectivity index (χ1v) is 12.0. The number of hydrogen-bond donors (Lipinski definition) is 4. The van der Waals surface area contributed by atoms with Crippen LogP contribution < -0.4 is 20.0 Å². The Morgan fingerprint density at radius 3 is 2.59 bits per heavy atom. The third kappa shape index (κ3) is 5.07. The van der Waals surface area contributed by atoms with Gasteiger partial charge in [-0.05, 0) is 31.0 Å². The zero-order chi connectivity index (χ0) is 27.9. The Hall–Kier alpha value is -4.30. The molecule has 0 spiro atoms. The molecule has 0 radical (unpaired) electrons. The maximum Gasteiger partial charge on any atom is 0.414 e. The van der Waals surface area contributed by atoms with Crippen LogP contribution in [0.25, 0.3) is 11.0 Å². The summed E-state index contributed by atoms with van der Waals surface area (Å²) in [6.07, 6.45) is -0.105. The molecule has 4 heterocycles. The number of carbonyl (C=O) groups excluding carboxylic acids is 1. The van der Waals surface area contributed by atoms with Crippen molar-refractivity contribution in [3.8, 4) is 5.75 Å². The van der Waals surface area contributed by atoms with Gasteiger partial charge in [-0.25, -0.2) is 23.4 Å². The van der Waals surface area contributed by atoms with Gasteiger partial charge in [0.25, 0.3) is 0 Å². The summed E-state index contributed by atoms with van der Waals surface area (Å²) < 4.78 is 40.0. The number of benzene rings is 1. The van der Waals surface area contributed by atoms with Crippen molar-refractivity contribution >= 4 is 34.6 Å². The first-order chi connectivity index (χ1) is 18.6. The van der Waals surface area contributed by atoms with Crippen molar-refractivity contribution in [1.82, 2.24) is 9.97 Å². The molecule has 1 atom stereocenters. The van der Waals surface area contributed by atoms with Crippen LogP contribution in [0.3, 0.4) is 0 Å². The summed E-state index contributed by atoms with van der Waals surface area (Å²) in [6.45, 7) is -0.154. The van der Waals surface area contributed by atoms with Gasteiger partial charge < -0.3 is 34.7 Å². The van der Waals surface area contributed by atoms with E-state index in [0.717, 1.165) is 18.3 Å². The molecule has 2 saturated heterocycles. The first-order valence-electron chi connectivity index (χ1n) is 12.0. The zero-order valence-electron chi connectivity index (χ0n) is 20.4. The zero-order valence-corrected chi connectivity index (χ0v) is 20.4. The van der Waals surface area contributed by atoms with E-state index in [1.165, 1.54) is 17.0 Å². The number of aliphatic hydroxyl groups excluding tert-OH is 1. The monoisotopic (exact) mass is 546 g/mol. The molecule has 2 aromatic heterocycles. The molecule has 1 aromatic carbocycles. The van der Waals surface area contributed by atoms with Crippen LogP contribution in [-0.2, 0) is 4.74 Å². The van der Waals surface area contributed by atoms with Gasteiger partial charge in [0.15, 0.2) is 23.2 Å². The van der Waals surface area contributed by atoms with Gasteiger partial charge in [-0.2, -0.15) is 0 Å². The van der Waals surface area contributed by atoms with Crippen molar-refractivity contribution in [3.63, 3.8) is 0 Å². The number of aromatic carboxylic acids is 1. The molecule has 0 aliphatic carbocycles. The summed E-state index contributed by atoms with van der Waals surface area (Å²) in [5.41, 5.74) is -2.46. The van der Waals surface area contributed by atoms with E-state index in [-0.39, 0.29) is 74.0 Å². The highest BCUT2D eigenvalue weighted by molar-refractivity contribution is 5.92. The fourth-order valence-electron chi connectivity index (χ4n) is 4.59. The molecule has 14 heteroatoms. The van der Waals surface area contributed by atoms with Crippen LogP contribution >= 0.6 is 0 Å². The number of carboxylic acid groups (broad SMARTS) is 1. The topological polar surface area (TPSA) is 166 Å². The number of carboxylic acids is 1. The standard InChI is InChI=1S/C25H24F2N4O8/c26-17-7-13(31-10-14(11-32)39-24(31)36)1-2-19(17)38-12-25(37)3-5-30(6-4-25)22-18(27)8-15-20(33)16(23(34)35)9-28-21(15)29-22/h1-2,7-9,14,32,37H,3-6,10-12H2,(H,34,35)(H,28,29,33). The average Bonchev–Trinajstić information content (AvgIpc) is 3.29. The number of H-pyrrole nitrogens is 1. The molecule has 4 N–H and O–H groups in total. The Balaban J connectivity index is 1.23. The molecule has 206 valence electrons. The van der Waals surface area contributed by atoms with Crippen molar-refractivity contribution in [2.45, 2.75) is 24.5 Å². The van der Waals surface area contributed by atoms with E-state index < -0.39 is 46.4 Å². The highest BCUT2D eigenvalue weighted by atomic mass is 19.1. The molecule has 39 heavy (non-hydrogen) atoms. The summed E-state index contributed by atoms with van der Waals surface area (Å²) >= 11 is 0. The second-order valence-electron chi connectivity index (χ2n) is 9.44. The Morgan fingerprint density at radius 2 is 1.95 bits per heavy atom. The molecule has 12 nitrogen and oxygen atoms in total. The Morgan fingerprint density at radius 1 is 1.21 bits per heavy atom. The van der Waals surface area contributed by atoms with Gasteiger partial charge in [-0.15, -0.1) is 0 Å². The lowest BCUT2D eigenvalue weighted by Crippen LogP contribution is -2.48. The van der Waals surface area contributed by atoms with Crippen molar-refractivity contribution in [1.29, 1.82) is 0 Å². The minimum absolute atomic E-state index is 0.0264. The van der Waals surface area contributed by atoms with Gasteiger partial charge in [0.2, 0.25) is 5.43 Å². The average molecular weight is 546 g/mol. The molecule has 2 aliphatic heterocycles. The second-order valence-corrected chi connectivity index (χ2v) is 9.44. The van der Waals surface area contributed by atoms with Gasteiger partial charge >= 0.3 is 12.1 Å². The molecule has 1 amide bonds. The molecule has 0 saturated carbocycles. The highest BCUT2D eigenvalue weighted by Crippen LogP contribution is 2.31. The molecule has 5 rings (SSSR count). The van der Waals surface area contributed by atoms with Gasteiger partial charge in [0.1, 0.15) is 29.5 Å². The number of ether oxygens (including phenoxy) is 2. The number of aromatic amines is 1. The Bertz CT molecular complexity index is 1510. The van der Waals surface area contributed by atoms with E-state index in [1.807, 2.05) is 0 Å². The molecule has 3 aromatic rings. The van der Waals surface area contributed by atoms with Crippen molar-refractivity contribution < 1.29 is 43.2 Å². The third-order valence-corrected chi connectivity index (χ3v) is 6.83. The van der Waals surface area contributed by atoms with Crippen molar-refractivity contribution in [2.75, 3.05) is 42.6 Å². The van der Waals surface area contributed by atoms with E-state index in [2.05, 4.69) is 9.97 Å². The number of piperidine rings is 1. The van der Waals surface area contributed by atoms with Crippen molar-refractivity contribution in [2.24, 2.45) is 0 Å². The van der Waals surface area contributed by atoms with E-state index in [1.54, 1.807) is 4.90 Å². The van der Waals surface area contributed by atoms with Gasteiger partial charge in [-0.3, -0.25) is 9.69 Å². The number of amides is 1. The number of aliphatic hydroxyl groups is 2. The predicted octanol–water partition coefficient (Wildman–Crippen LogP) is 1.63. The molecule has 2 fully saturated rings. The number of halogens is 2. The fourth-order valence-corrected chi connectivity index (χ4v) is 4.59. The lowest BCUT2D eigenvalue weighted by Gasteiger charge is -2.38. The molecular weight excluding hydrogens is 522 g/mol. The number of carbonyl (C=O) groups is 2. The third-order valence-electron chi connectivity index (χ3n) is 6.83. The van der Waals surface area contributed by atoms with Crippen LogP contribution in [-0.4, -0.2) is 81.9 Å². The highest BCUT2D eigenvalue weighted by Gasteiger charge is 2.35. The van der Waals surface area contributed by atoms with Crippen LogP contribution in [0.4, 0.5) is 25.1 Å². The number of nitrogens with one attached hydrogen (secondary N) is 1. The van der Waals surface area contributed by atoms with Gasteiger partial charge in [0.05, 0.1) is 24.2 Å². The second kappa shape index (κ2) is 10.1. The molecule has 2 aliphatic rings. The number of aromatic nitrogens is 2. The summed E-state index contributed by atoms with van der Waals surface area (Å²) in [5.74, 6) is -3.20. The lowest BCUT2D eigenvalue weighted by atomic mass is 9.92. The van der Waals surface area contributed by atoms with Gasteiger partial charge in [0, 0.05) is 25.4 Å². The van der Waals surface area contributed by atoms with Crippen LogP contribution in [0.15, 0.2) is 35.3 Å². The normalized spacial score (nSPS) is 18.9. The van der Waals surface area contributed by atoms with E-state index in [4.69, 9.17) is 19.7 Å². The number of fused-ring (bicyclic) bond motifs is 1. The lowest BCUT2D eigenvalue weighted by molar-refractivity contribution is -0.0251. The largest absolute Gasteiger partial charge is 0.488 e. The molecular formula is C25H24F2N4O8. The van der Waals surface area contributed by atoms with E-state index in [9.17, 15) is 28.3 Å². The number of cyclic esters (lactones) is 1. The van der Waals surface area contributed by atoms with E-state index in [0.29, 0.717) is 0 Å². The maximum atomic E-state index is 14.9. The van der Waals surface area contributed by atoms with Gasteiger partial charge in [-0.1, -0.05) is 0 Å². The van der Waals surface area contributed by atoms with Crippen LogP contribution in [0.1, 0.15) is 23.2 Å². The Kier molecular flexibility index (Phi) is 6.82. The van der Waals surface area contributed by atoms with Crippen LogP contribution in [0, 0.1) is 11.6 Å². The minimum Gasteiger partial charge on any atom is -0.488 e. The Labute approximate surface area is 219 Å². The fraction of sp³-hybridized carbons (Fsp3) is 0.360. The summed E-state index contributed by atoms with van der Waals surface area (Å²) in [5, 5.41) is 29.0. The number of nitrogens with zero attached hydrogens (tertiary/aromatic N) is 3. The predicted molar refractivity (Wildman–Crippen MR) is 132 cm³/mol. The molecule has 1 unspecified atom stereocenters. The maximum absolute atomic E-state index is 14.9. The first kappa shape index (κ1) is 26.3. The minimum atomic E-state index is -1.44. The summed E-state index contributed by atoms with van der Waals surface area (Å²) in [6, 6.07) is 4.82. The SMILES string of the molecule is O=C(O)c1c[nH]c2nc(N3CCC(O)(COc4ccc(N5CC(CO)OC5=O)cc4F)CC3)c(F)cc2c1=O. The smallest absolute Gasteiger partial charge is 0.414 e. The molecule has 0 bridgehead atoms. The number of anilines is 2.